The number of unbranched alkanes of at least 4 members (excludes halogenated alkanes) is 11. The first-order valence-electron chi connectivity index (χ1n) is 16.2. The number of halogens is 4. The Hall–Kier alpha value is -3.93. The van der Waals surface area contributed by atoms with Crippen molar-refractivity contribution in [3.63, 3.8) is 0 Å². The topological polar surface area (TPSA) is 88.2 Å². The minimum atomic E-state index is -4.63. The molecule has 0 aliphatic heterocycles. The first kappa shape index (κ1) is 37.5. The molecule has 0 fully saturated rings. The van der Waals surface area contributed by atoms with Crippen LogP contribution in [0.4, 0.5) is 23.2 Å². The van der Waals surface area contributed by atoms with E-state index in [1.165, 1.54) is 69.0 Å². The SMILES string of the molecule is CCCCCCCC/C=C\CCCCCCCC(=O)Oc1c[n+](-c2ccc(C(F)(F)F)nc2)nc(O)c1C(=S)Nc1ccc(F)cc1. The number of alkyl halides is 3. The molecule has 47 heavy (non-hydrogen) atoms. The fourth-order valence-electron chi connectivity index (χ4n) is 4.82. The van der Waals surface area contributed by atoms with Crippen LogP contribution in [0.2, 0.25) is 0 Å². The number of carbonyl (C=O) groups is 1. The molecule has 0 spiro atoms. The lowest BCUT2D eigenvalue weighted by molar-refractivity contribution is -0.661. The van der Waals surface area contributed by atoms with E-state index in [0.29, 0.717) is 12.1 Å². The van der Waals surface area contributed by atoms with E-state index in [4.69, 9.17) is 17.0 Å². The van der Waals surface area contributed by atoms with Crippen LogP contribution in [0, 0.1) is 5.82 Å². The molecule has 0 aliphatic carbocycles. The number of nitrogens with zero attached hydrogens (tertiary/aromatic N) is 3. The number of nitrogens with one attached hydrogen (secondary N) is 1. The van der Waals surface area contributed by atoms with Crippen LogP contribution in [0.25, 0.3) is 5.69 Å². The molecule has 1 aromatic carbocycles. The minimum Gasteiger partial charge on any atom is -0.489 e. The van der Waals surface area contributed by atoms with E-state index in [-0.39, 0.29) is 28.4 Å². The molecule has 0 atom stereocenters. The Labute approximate surface area is 279 Å². The van der Waals surface area contributed by atoms with E-state index in [2.05, 4.69) is 34.5 Å². The summed E-state index contributed by atoms with van der Waals surface area (Å²) < 4.78 is 59.0. The van der Waals surface area contributed by atoms with Crippen LogP contribution in [-0.2, 0) is 11.0 Å². The van der Waals surface area contributed by atoms with Crippen molar-refractivity contribution in [1.82, 2.24) is 10.1 Å². The number of aromatic hydroxyl groups is 1. The summed E-state index contributed by atoms with van der Waals surface area (Å²) in [6.07, 6.45) is 16.7. The second-order valence-electron chi connectivity index (χ2n) is 11.3. The van der Waals surface area contributed by atoms with Crippen LogP contribution >= 0.6 is 12.2 Å². The molecule has 0 aliphatic rings. The Bertz CT molecular complexity index is 1450. The number of pyridine rings is 1. The van der Waals surface area contributed by atoms with Crippen LogP contribution in [0.3, 0.4) is 0 Å². The molecular formula is C35H43F4N4O3S+. The molecule has 12 heteroatoms. The van der Waals surface area contributed by atoms with Crippen molar-refractivity contribution in [1.29, 1.82) is 0 Å². The second-order valence-corrected chi connectivity index (χ2v) is 11.7. The highest BCUT2D eigenvalue weighted by molar-refractivity contribution is 7.81. The number of benzene rings is 1. The van der Waals surface area contributed by atoms with Gasteiger partial charge in [-0.1, -0.05) is 82.7 Å². The molecule has 0 radical (unpaired) electrons. The lowest BCUT2D eigenvalue weighted by Gasteiger charge is -2.12. The third kappa shape index (κ3) is 13.4. The monoisotopic (exact) mass is 675 g/mol. The van der Waals surface area contributed by atoms with Gasteiger partial charge in [0.05, 0.1) is 0 Å². The van der Waals surface area contributed by atoms with Crippen molar-refractivity contribution >= 4 is 28.9 Å². The fraction of sp³-hybridized carbons (Fsp3) is 0.457. The summed E-state index contributed by atoms with van der Waals surface area (Å²) in [6.45, 7) is 2.23. The molecule has 7 nitrogen and oxygen atoms in total. The van der Waals surface area contributed by atoms with Gasteiger partial charge in [0.1, 0.15) is 28.3 Å². The Kier molecular flexibility index (Phi) is 15.7. The maximum Gasteiger partial charge on any atom is 0.433 e. The number of rotatable bonds is 19. The average molecular weight is 676 g/mol. The highest BCUT2D eigenvalue weighted by Gasteiger charge is 2.33. The van der Waals surface area contributed by atoms with E-state index >= 15 is 0 Å². The number of allylic oxidation sites excluding steroid dienone is 2. The molecule has 2 aromatic heterocycles. The molecule has 254 valence electrons. The Morgan fingerprint density at radius 1 is 0.936 bits per heavy atom. The Morgan fingerprint density at radius 2 is 1.55 bits per heavy atom. The number of carbonyl (C=O) groups excluding carboxylic acids is 1. The van der Waals surface area contributed by atoms with Crippen molar-refractivity contribution in [2.24, 2.45) is 0 Å². The van der Waals surface area contributed by atoms with Gasteiger partial charge in [0.25, 0.3) is 11.6 Å². The second kappa shape index (κ2) is 19.7. The maximum absolute atomic E-state index is 13.4. The van der Waals surface area contributed by atoms with Gasteiger partial charge in [0.2, 0.25) is 11.9 Å². The van der Waals surface area contributed by atoms with Crippen LogP contribution in [-0.4, -0.2) is 26.1 Å². The van der Waals surface area contributed by atoms with Gasteiger partial charge in [-0.15, -0.1) is 0 Å². The van der Waals surface area contributed by atoms with Gasteiger partial charge in [-0.05, 0) is 67.1 Å². The zero-order chi connectivity index (χ0) is 34.1. The zero-order valence-corrected chi connectivity index (χ0v) is 27.5. The van der Waals surface area contributed by atoms with Gasteiger partial charge in [0.15, 0.2) is 0 Å². The van der Waals surface area contributed by atoms with E-state index < -0.39 is 29.5 Å². The van der Waals surface area contributed by atoms with Crippen molar-refractivity contribution < 1.29 is 36.9 Å². The van der Waals surface area contributed by atoms with Crippen LogP contribution in [0.15, 0.2) is 60.9 Å². The highest BCUT2D eigenvalue weighted by Crippen LogP contribution is 2.29. The zero-order valence-electron chi connectivity index (χ0n) is 26.7. The molecule has 0 saturated carbocycles. The van der Waals surface area contributed by atoms with Crippen LogP contribution < -0.4 is 14.7 Å². The number of hydrogen-bond acceptors (Lipinski definition) is 6. The van der Waals surface area contributed by atoms with Crippen LogP contribution in [0.1, 0.15) is 108 Å². The summed E-state index contributed by atoms with van der Waals surface area (Å²) in [5.41, 5.74) is -0.728. The number of ether oxygens (including phenoxy) is 1. The predicted molar refractivity (Wildman–Crippen MR) is 177 cm³/mol. The van der Waals surface area contributed by atoms with Gasteiger partial charge in [0, 0.05) is 23.3 Å². The molecule has 0 unspecified atom stereocenters. The third-order valence-corrected chi connectivity index (χ3v) is 7.72. The minimum absolute atomic E-state index is 0.0666. The largest absolute Gasteiger partial charge is 0.489 e. The summed E-state index contributed by atoms with van der Waals surface area (Å²) in [6, 6.07) is 7.19. The molecule has 3 aromatic rings. The van der Waals surface area contributed by atoms with Gasteiger partial charge in [-0.2, -0.15) is 13.2 Å². The van der Waals surface area contributed by atoms with Gasteiger partial charge in [-0.25, -0.2) is 9.37 Å². The average Bonchev–Trinajstić information content (AvgIpc) is 3.03. The molecule has 2 N–H and O–H groups in total. The molecular weight excluding hydrogens is 632 g/mol. The van der Waals surface area contributed by atoms with Crippen molar-refractivity contribution in [3.05, 3.63) is 78.0 Å². The summed E-state index contributed by atoms with van der Waals surface area (Å²) >= 11 is 5.44. The smallest absolute Gasteiger partial charge is 0.433 e. The number of thiocarbonyl (C=S) groups is 1. The summed E-state index contributed by atoms with van der Waals surface area (Å²) in [5.74, 6) is -1.83. The Balaban J connectivity index is 1.56. The summed E-state index contributed by atoms with van der Waals surface area (Å²) in [7, 11) is 0. The van der Waals surface area contributed by atoms with Crippen molar-refractivity contribution in [2.75, 3.05) is 5.32 Å². The molecule has 3 rings (SSSR count). The number of esters is 1. The van der Waals surface area contributed by atoms with Crippen LogP contribution in [0.5, 0.6) is 11.6 Å². The van der Waals surface area contributed by atoms with E-state index in [9.17, 15) is 27.5 Å². The Morgan fingerprint density at radius 3 is 2.15 bits per heavy atom. The van der Waals surface area contributed by atoms with Gasteiger partial charge in [-0.3, -0.25) is 4.79 Å². The van der Waals surface area contributed by atoms with Gasteiger partial charge >= 0.3 is 12.1 Å². The maximum atomic E-state index is 13.4. The predicted octanol–water partition coefficient (Wildman–Crippen LogP) is 9.35. The molecule has 0 saturated heterocycles. The lowest BCUT2D eigenvalue weighted by Crippen LogP contribution is -2.36. The molecule has 2 heterocycles. The fourth-order valence-corrected chi connectivity index (χ4v) is 5.13. The highest BCUT2D eigenvalue weighted by atomic mass is 32.1. The van der Waals surface area contributed by atoms with Crippen molar-refractivity contribution in [3.8, 4) is 17.3 Å². The first-order chi connectivity index (χ1) is 22.6. The van der Waals surface area contributed by atoms with Gasteiger partial charge < -0.3 is 15.2 Å². The third-order valence-electron chi connectivity index (χ3n) is 7.41. The lowest BCUT2D eigenvalue weighted by atomic mass is 10.1. The summed E-state index contributed by atoms with van der Waals surface area (Å²) in [5, 5.41) is 17.7. The summed E-state index contributed by atoms with van der Waals surface area (Å²) in [4.78, 5) is 16.2. The van der Waals surface area contributed by atoms with E-state index in [1.54, 1.807) is 0 Å². The molecule has 0 amide bonds. The molecule has 0 bridgehead atoms. The van der Waals surface area contributed by atoms with E-state index in [1.807, 2.05) is 0 Å². The number of aromatic nitrogens is 3. The van der Waals surface area contributed by atoms with Crippen molar-refractivity contribution in [2.45, 2.75) is 103 Å². The number of anilines is 1. The standard InChI is InChI=1S/C35H42F4N4O3S/c1-2-3-4-5-6-7-8-9-10-11-12-13-14-15-16-17-31(44)46-29-25-43(28-22-23-30(40-24-28)35(37,38)39)42-33(45)32(29)34(47)41-27-20-18-26(36)19-21-27/h9-10,18-25H,2-8,11-17H2,1H3,(H-,41,42,45,47)/p+1/b10-9-. The number of hydrogen-bond donors (Lipinski definition) is 2. The normalized spacial score (nSPS) is 11.6. The first-order valence-corrected chi connectivity index (χ1v) is 16.6. The van der Waals surface area contributed by atoms with E-state index in [0.717, 1.165) is 61.5 Å². The quantitative estimate of drug-likeness (QED) is 0.0327.